The number of benzene rings is 2. The van der Waals surface area contributed by atoms with Crippen molar-refractivity contribution in [2.24, 2.45) is 0 Å². The van der Waals surface area contributed by atoms with Gasteiger partial charge in [-0.2, -0.15) is 0 Å². The molecule has 0 bridgehead atoms. The zero-order chi connectivity index (χ0) is 17.6. The first-order valence-electron chi connectivity index (χ1n) is 7.65. The van der Waals surface area contributed by atoms with Gasteiger partial charge in [-0.05, 0) is 29.8 Å². The van der Waals surface area contributed by atoms with E-state index in [1.54, 1.807) is 25.6 Å². The minimum absolute atomic E-state index is 0.0287. The van der Waals surface area contributed by atoms with Crippen molar-refractivity contribution in [3.8, 4) is 11.5 Å². The number of carbonyl (C=O) groups excluding carboxylic acids is 1. The zero-order valence-electron chi connectivity index (χ0n) is 13.9. The first-order chi connectivity index (χ1) is 12.2. The van der Waals surface area contributed by atoms with Gasteiger partial charge in [-0.3, -0.25) is 4.79 Å². The summed E-state index contributed by atoms with van der Waals surface area (Å²) in [6.45, 7) is 0.444. The number of amides is 1. The summed E-state index contributed by atoms with van der Waals surface area (Å²) in [7, 11) is 3.19. The largest absolute Gasteiger partial charge is 0.493 e. The quantitative estimate of drug-likeness (QED) is 0.639. The molecule has 7 heteroatoms. The van der Waals surface area contributed by atoms with E-state index < -0.39 is 0 Å². The van der Waals surface area contributed by atoms with Gasteiger partial charge in [0.2, 0.25) is 5.91 Å². The van der Waals surface area contributed by atoms with Crippen molar-refractivity contribution in [1.82, 2.24) is 10.3 Å². The molecule has 0 spiro atoms. The molecule has 1 heterocycles. The van der Waals surface area contributed by atoms with Crippen LogP contribution in [-0.4, -0.2) is 30.9 Å². The molecule has 0 aliphatic carbocycles. The Labute approximate surface area is 154 Å². The van der Waals surface area contributed by atoms with Crippen molar-refractivity contribution < 1.29 is 14.3 Å². The zero-order valence-corrected chi connectivity index (χ0v) is 15.6. The fraction of sp³-hybridized carbons (Fsp3) is 0.222. The fourth-order valence-corrected chi connectivity index (χ4v) is 4.18. The summed E-state index contributed by atoms with van der Waals surface area (Å²) in [6.07, 6.45) is 0. The van der Waals surface area contributed by atoms with E-state index in [9.17, 15) is 4.79 Å². The Hall–Kier alpha value is -2.25. The molecular formula is C18H18N2O3S2. The molecule has 3 aromatic rings. The molecule has 0 aliphatic heterocycles. The number of aromatic nitrogens is 1. The van der Waals surface area contributed by atoms with Crippen LogP contribution in [0.4, 0.5) is 0 Å². The number of thiazole rings is 1. The lowest BCUT2D eigenvalue weighted by Gasteiger charge is -2.10. The Bertz CT molecular complexity index is 847. The van der Waals surface area contributed by atoms with Crippen molar-refractivity contribution in [1.29, 1.82) is 0 Å². The third-order valence-corrected chi connectivity index (χ3v) is 5.72. The molecule has 25 heavy (non-hydrogen) atoms. The van der Waals surface area contributed by atoms with Gasteiger partial charge in [0.25, 0.3) is 0 Å². The number of fused-ring (bicyclic) bond motifs is 1. The lowest BCUT2D eigenvalue weighted by atomic mass is 10.2. The van der Waals surface area contributed by atoms with Crippen molar-refractivity contribution >= 4 is 39.2 Å². The van der Waals surface area contributed by atoms with E-state index in [1.165, 1.54) is 11.8 Å². The van der Waals surface area contributed by atoms with Gasteiger partial charge >= 0.3 is 0 Å². The van der Waals surface area contributed by atoms with Gasteiger partial charge in [-0.1, -0.05) is 30.0 Å². The van der Waals surface area contributed by atoms with E-state index in [0.717, 1.165) is 20.1 Å². The van der Waals surface area contributed by atoms with Crippen LogP contribution < -0.4 is 14.8 Å². The van der Waals surface area contributed by atoms with Gasteiger partial charge in [-0.25, -0.2) is 4.98 Å². The Morgan fingerprint density at radius 2 is 1.96 bits per heavy atom. The van der Waals surface area contributed by atoms with Crippen molar-refractivity contribution in [3.63, 3.8) is 0 Å². The molecule has 1 N–H and O–H groups in total. The van der Waals surface area contributed by atoms with Crippen molar-refractivity contribution in [2.75, 3.05) is 20.0 Å². The summed E-state index contributed by atoms with van der Waals surface area (Å²) >= 11 is 3.06. The first kappa shape index (κ1) is 17.6. The lowest BCUT2D eigenvalue weighted by Crippen LogP contribution is -2.24. The molecule has 1 amide bonds. The normalized spacial score (nSPS) is 10.6. The van der Waals surface area contributed by atoms with Crippen LogP contribution >= 0.6 is 23.1 Å². The fourth-order valence-electron chi connectivity index (χ4n) is 2.28. The molecular weight excluding hydrogens is 356 g/mol. The Kier molecular flexibility index (Phi) is 5.78. The van der Waals surface area contributed by atoms with Crippen molar-refractivity contribution in [2.45, 2.75) is 10.9 Å². The van der Waals surface area contributed by atoms with Crippen LogP contribution in [0.5, 0.6) is 11.5 Å². The van der Waals surface area contributed by atoms with E-state index in [2.05, 4.69) is 10.3 Å². The predicted octanol–water partition coefficient (Wildman–Crippen LogP) is 3.72. The van der Waals surface area contributed by atoms with Crippen LogP contribution in [0.15, 0.2) is 46.8 Å². The van der Waals surface area contributed by atoms with Gasteiger partial charge in [-0.15, -0.1) is 11.3 Å². The maximum absolute atomic E-state index is 12.1. The highest BCUT2D eigenvalue weighted by atomic mass is 32.2. The average Bonchev–Trinajstić information content (AvgIpc) is 3.07. The number of hydrogen-bond donors (Lipinski definition) is 1. The number of ether oxygens (including phenoxy) is 2. The van der Waals surface area contributed by atoms with Crippen LogP contribution in [-0.2, 0) is 11.3 Å². The summed E-state index contributed by atoms with van der Waals surface area (Å²) in [5, 5.41) is 2.91. The summed E-state index contributed by atoms with van der Waals surface area (Å²) in [5.41, 5.74) is 1.93. The van der Waals surface area contributed by atoms with Gasteiger partial charge in [0.15, 0.2) is 15.8 Å². The average molecular weight is 374 g/mol. The third kappa shape index (κ3) is 4.43. The lowest BCUT2D eigenvalue weighted by molar-refractivity contribution is -0.118. The van der Waals surface area contributed by atoms with Crippen LogP contribution in [0.1, 0.15) is 5.56 Å². The summed E-state index contributed by atoms with van der Waals surface area (Å²) in [5.74, 6) is 1.63. The van der Waals surface area contributed by atoms with Gasteiger partial charge < -0.3 is 14.8 Å². The number of carbonyl (C=O) groups is 1. The SMILES string of the molecule is COc1ccc(CNC(=O)CSc2nc3ccccc3s2)cc1OC. The maximum atomic E-state index is 12.1. The molecule has 5 nitrogen and oxygen atoms in total. The molecule has 0 unspecified atom stereocenters. The molecule has 0 aliphatic rings. The highest BCUT2D eigenvalue weighted by molar-refractivity contribution is 8.01. The number of nitrogens with zero attached hydrogens (tertiary/aromatic N) is 1. The van der Waals surface area contributed by atoms with E-state index in [-0.39, 0.29) is 5.91 Å². The molecule has 0 saturated carbocycles. The number of thioether (sulfide) groups is 1. The summed E-state index contributed by atoms with van der Waals surface area (Å²) < 4.78 is 12.5. The first-order valence-corrected chi connectivity index (χ1v) is 9.46. The molecule has 0 atom stereocenters. The van der Waals surface area contributed by atoms with Gasteiger partial charge in [0.05, 0.1) is 30.2 Å². The number of methoxy groups -OCH3 is 2. The van der Waals surface area contributed by atoms with Gasteiger partial charge in [0, 0.05) is 6.54 Å². The van der Waals surface area contributed by atoms with Crippen molar-refractivity contribution in [3.05, 3.63) is 48.0 Å². The second kappa shape index (κ2) is 8.22. The molecule has 0 radical (unpaired) electrons. The van der Waals surface area contributed by atoms with Crippen LogP contribution in [0.3, 0.4) is 0 Å². The van der Waals surface area contributed by atoms with Crippen LogP contribution in [0.2, 0.25) is 0 Å². The highest BCUT2D eigenvalue weighted by Crippen LogP contribution is 2.29. The molecule has 1 aromatic heterocycles. The molecule has 2 aromatic carbocycles. The smallest absolute Gasteiger partial charge is 0.230 e. The molecule has 3 rings (SSSR count). The second-order valence-electron chi connectivity index (χ2n) is 5.20. The summed E-state index contributed by atoms with van der Waals surface area (Å²) in [6, 6.07) is 13.6. The number of para-hydroxylation sites is 1. The van der Waals surface area contributed by atoms with E-state index in [1.807, 2.05) is 42.5 Å². The second-order valence-corrected chi connectivity index (χ2v) is 7.46. The molecule has 0 saturated heterocycles. The maximum Gasteiger partial charge on any atom is 0.230 e. The Morgan fingerprint density at radius 1 is 1.16 bits per heavy atom. The highest BCUT2D eigenvalue weighted by Gasteiger charge is 2.09. The van der Waals surface area contributed by atoms with Crippen LogP contribution in [0.25, 0.3) is 10.2 Å². The van der Waals surface area contributed by atoms with Crippen LogP contribution in [0, 0.1) is 0 Å². The third-order valence-electron chi connectivity index (χ3n) is 3.54. The standard InChI is InChI=1S/C18H18N2O3S2/c1-22-14-8-7-12(9-15(14)23-2)10-19-17(21)11-24-18-20-13-5-3-4-6-16(13)25-18/h3-9H,10-11H2,1-2H3,(H,19,21). The minimum Gasteiger partial charge on any atom is -0.493 e. The molecule has 130 valence electrons. The number of nitrogens with one attached hydrogen (secondary N) is 1. The Balaban J connectivity index is 1.52. The number of hydrogen-bond acceptors (Lipinski definition) is 6. The number of rotatable bonds is 7. The summed E-state index contributed by atoms with van der Waals surface area (Å²) in [4.78, 5) is 16.6. The topological polar surface area (TPSA) is 60.5 Å². The van der Waals surface area contributed by atoms with Gasteiger partial charge in [0.1, 0.15) is 0 Å². The monoisotopic (exact) mass is 374 g/mol. The molecule has 0 fully saturated rings. The van der Waals surface area contributed by atoms with E-state index in [0.29, 0.717) is 23.8 Å². The minimum atomic E-state index is -0.0287. The Morgan fingerprint density at radius 3 is 2.72 bits per heavy atom. The van der Waals surface area contributed by atoms with E-state index in [4.69, 9.17) is 9.47 Å². The predicted molar refractivity (Wildman–Crippen MR) is 102 cm³/mol. The van der Waals surface area contributed by atoms with E-state index >= 15 is 0 Å².